The van der Waals surface area contributed by atoms with Crippen LogP contribution >= 0.6 is 0 Å². The van der Waals surface area contributed by atoms with Crippen molar-refractivity contribution in [3.63, 3.8) is 0 Å². The Labute approximate surface area is 315 Å². The third kappa shape index (κ3) is 7.95. The highest BCUT2D eigenvalue weighted by Gasteiger charge is 2.51. The van der Waals surface area contributed by atoms with E-state index in [2.05, 4.69) is 127 Å². The average Bonchev–Trinajstić information content (AvgIpc) is 3.17. The first-order valence-electron chi connectivity index (χ1n) is 19.8. The van der Waals surface area contributed by atoms with Gasteiger partial charge in [-0.1, -0.05) is 104 Å². The number of carbonyl (C=O) groups is 1. The topological polar surface area (TPSA) is 83.1 Å². The minimum atomic E-state index is -0.531. The summed E-state index contributed by atoms with van der Waals surface area (Å²) in [5.74, 6) is 2.49. The van der Waals surface area contributed by atoms with Crippen LogP contribution in [0.1, 0.15) is 98.6 Å². The van der Waals surface area contributed by atoms with Gasteiger partial charge in [0.25, 0.3) is 0 Å². The number of hydrogen-bond acceptors (Lipinski definition) is 5. The highest BCUT2D eigenvalue weighted by Crippen LogP contribution is 2.55. The maximum atomic E-state index is 13.1. The number of benzene rings is 4. The zero-order valence-electron chi connectivity index (χ0n) is 31.4. The van der Waals surface area contributed by atoms with Gasteiger partial charge < -0.3 is 25.2 Å². The Morgan fingerprint density at radius 1 is 0.811 bits per heavy atom. The molecule has 1 heterocycles. The molecule has 3 N–H and O–H groups in total. The Balaban J connectivity index is 0.944. The van der Waals surface area contributed by atoms with Gasteiger partial charge in [0.1, 0.15) is 0 Å². The first-order valence-corrected chi connectivity index (χ1v) is 19.8. The molecule has 4 aliphatic carbocycles. The summed E-state index contributed by atoms with van der Waals surface area (Å²) in [7, 11) is 2.16. The van der Waals surface area contributed by atoms with Gasteiger partial charge in [-0.25, -0.2) is 4.79 Å². The van der Waals surface area contributed by atoms with Crippen LogP contribution in [-0.4, -0.2) is 41.3 Å². The van der Waals surface area contributed by atoms with E-state index in [4.69, 9.17) is 9.47 Å². The number of rotatable bonds is 11. The normalized spacial score (nSPS) is 29.6. The molecule has 0 aromatic heterocycles. The lowest BCUT2D eigenvalue weighted by Crippen LogP contribution is -2.61. The van der Waals surface area contributed by atoms with Crippen molar-refractivity contribution in [2.45, 2.75) is 95.6 Å². The van der Waals surface area contributed by atoms with E-state index in [1.54, 1.807) is 0 Å². The summed E-state index contributed by atoms with van der Waals surface area (Å²) in [5.41, 5.74) is 7.50. The molecule has 4 aromatic rings. The molecule has 53 heavy (non-hydrogen) atoms. The van der Waals surface area contributed by atoms with Gasteiger partial charge in [0.15, 0.2) is 6.29 Å². The standard InChI is InChI=1S/C46H55N3O4/c1-30-42(28-49(3)31(2)37-9-5-4-6-10-37)52-44(53-43(30)39-14-12-32(29-50)13-15-39)40-18-16-38(17-19-40)41-11-7-8-33(23-41)27-47-45(51)48-46-24-34-20-35(25-46)22-36(21-34)26-46/h4-19,23,30-31,34-36,42-44,50H,20-22,24-29H2,1-3H3,(H2,47,48,51)/t30-,31-,34?,35?,36?,42+,43+,44+,46?/m0/s1. The molecule has 4 aromatic carbocycles. The van der Waals surface area contributed by atoms with E-state index in [9.17, 15) is 9.90 Å². The summed E-state index contributed by atoms with van der Waals surface area (Å²) >= 11 is 0. The van der Waals surface area contributed by atoms with Gasteiger partial charge in [-0.15, -0.1) is 0 Å². The van der Waals surface area contributed by atoms with Crippen molar-refractivity contribution >= 4 is 6.03 Å². The fourth-order valence-corrected chi connectivity index (χ4v) is 10.2. The molecular formula is C46H55N3O4. The van der Waals surface area contributed by atoms with E-state index >= 15 is 0 Å². The van der Waals surface area contributed by atoms with Gasteiger partial charge in [-0.3, -0.25) is 4.90 Å². The molecule has 2 amide bonds. The van der Waals surface area contributed by atoms with Crippen LogP contribution in [0.5, 0.6) is 0 Å². The third-order valence-electron chi connectivity index (χ3n) is 12.8. The summed E-state index contributed by atoms with van der Waals surface area (Å²) in [4.78, 5) is 15.5. The van der Waals surface area contributed by atoms with Crippen molar-refractivity contribution in [3.05, 3.63) is 131 Å². The molecule has 9 rings (SSSR count). The molecule has 278 valence electrons. The van der Waals surface area contributed by atoms with Crippen LogP contribution in [-0.2, 0) is 22.6 Å². The molecule has 5 fully saturated rings. The lowest BCUT2D eigenvalue weighted by molar-refractivity contribution is -0.276. The molecule has 0 spiro atoms. The highest BCUT2D eigenvalue weighted by atomic mass is 16.7. The lowest BCUT2D eigenvalue weighted by Gasteiger charge is -2.56. The summed E-state index contributed by atoms with van der Waals surface area (Å²) in [6.45, 7) is 5.71. The summed E-state index contributed by atoms with van der Waals surface area (Å²) in [6, 6.07) is 35.8. The number of urea groups is 1. The Morgan fingerprint density at radius 2 is 1.47 bits per heavy atom. The highest BCUT2D eigenvalue weighted by molar-refractivity contribution is 5.75. The van der Waals surface area contributed by atoms with Crippen molar-refractivity contribution in [1.29, 1.82) is 0 Å². The molecule has 7 nitrogen and oxygen atoms in total. The van der Waals surface area contributed by atoms with E-state index in [0.717, 1.165) is 76.9 Å². The lowest BCUT2D eigenvalue weighted by atomic mass is 9.53. The molecule has 0 radical (unpaired) electrons. The smallest absolute Gasteiger partial charge is 0.315 e. The first-order chi connectivity index (χ1) is 25.7. The van der Waals surface area contributed by atoms with Crippen LogP contribution < -0.4 is 10.6 Å². The Bertz CT molecular complexity index is 1810. The number of ether oxygens (including phenoxy) is 2. The van der Waals surface area contributed by atoms with Gasteiger partial charge in [-0.05, 0) is 110 Å². The number of likely N-dealkylation sites (N-methyl/N-ethyl adjacent to an activating group) is 1. The van der Waals surface area contributed by atoms with Crippen molar-refractivity contribution in [3.8, 4) is 11.1 Å². The van der Waals surface area contributed by atoms with Crippen LogP contribution in [0.15, 0.2) is 103 Å². The second-order valence-corrected chi connectivity index (χ2v) is 16.7. The molecule has 1 aliphatic heterocycles. The molecule has 0 unspecified atom stereocenters. The summed E-state index contributed by atoms with van der Waals surface area (Å²) < 4.78 is 13.6. The van der Waals surface area contributed by atoms with E-state index in [1.807, 2.05) is 12.1 Å². The van der Waals surface area contributed by atoms with Crippen LogP contribution in [0, 0.1) is 23.7 Å². The van der Waals surface area contributed by atoms with Gasteiger partial charge in [-0.2, -0.15) is 0 Å². The molecule has 4 bridgehead atoms. The van der Waals surface area contributed by atoms with Crippen LogP contribution in [0.3, 0.4) is 0 Å². The largest absolute Gasteiger partial charge is 0.392 e. The molecule has 5 atom stereocenters. The van der Waals surface area contributed by atoms with Gasteiger partial charge >= 0.3 is 6.03 Å². The number of nitrogens with one attached hydrogen (secondary N) is 2. The predicted molar refractivity (Wildman–Crippen MR) is 209 cm³/mol. The predicted octanol–water partition coefficient (Wildman–Crippen LogP) is 9.10. The zero-order valence-corrected chi connectivity index (χ0v) is 31.4. The van der Waals surface area contributed by atoms with Gasteiger partial charge in [0.05, 0.1) is 18.8 Å². The van der Waals surface area contributed by atoms with Crippen LogP contribution in [0.2, 0.25) is 0 Å². The monoisotopic (exact) mass is 713 g/mol. The second kappa shape index (κ2) is 15.4. The van der Waals surface area contributed by atoms with E-state index in [1.165, 1.54) is 24.8 Å². The average molecular weight is 714 g/mol. The molecular weight excluding hydrogens is 659 g/mol. The molecule has 4 saturated carbocycles. The second-order valence-electron chi connectivity index (χ2n) is 16.7. The third-order valence-corrected chi connectivity index (χ3v) is 12.8. The quantitative estimate of drug-likeness (QED) is 0.145. The minimum Gasteiger partial charge on any atom is -0.392 e. The van der Waals surface area contributed by atoms with Gasteiger partial charge in [0.2, 0.25) is 0 Å². The van der Waals surface area contributed by atoms with E-state index in [-0.39, 0.29) is 42.3 Å². The Hall–Kier alpha value is -4.01. The number of carbonyl (C=O) groups excluding carboxylic acids is 1. The number of aliphatic hydroxyl groups excluding tert-OH is 1. The van der Waals surface area contributed by atoms with Crippen molar-refractivity contribution in [1.82, 2.24) is 15.5 Å². The SMILES string of the molecule is C[C@H]1[C@@H](CN(C)[C@@H](C)c2ccccc2)O[C@@H](c2ccc(-c3cccc(CNC(=O)NC45CC6CC(CC(C6)C4)C5)c3)cc2)O[C@H]1c1ccc(CO)cc1. The summed E-state index contributed by atoms with van der Waals surface area (Å²) in [6.07, 6.45) is 6.77. The fraction of sp³-hybridized carbons (Fsp3) is 0.457. The molecule has 1 saturated heterocycles. The molecule has 5 aliphatic rings. The Kier molecular flexibility index (Phi) is 10.4. The number of nitrogens with zero attached hydrogens (tertiary/aromatic N) is 1. The molecule has 7 heteroatoms. The maximum absolute atomic E-state index is 13.1. The van der Waals surface area contributed by atoms with Crippen molar-refractivity contribution in [2.24, 2.45) is 23.7 Å². The maximum Gasteiger partial charge on any atom is 0.315 e. The summed E-state index contributed by atoms with van der Waals surface area (Å²) in [5, 5.41) is 16.3. The van der Waals surface area contributed by atoms with Gasteiger partial charge in [0, 0.05) is 36.2 Å². The van der Waals surface area contributed by atoms with E-state index in [0.29, 0.717) is 6.54 Å². The van der Waals surface area contributed by atoms with E-state index < -0.39 is 6.29 Å². The fourth-order valence-electron chi connectivity index (χ4n) is 10.2. The number of aliphatic hydroxyl groups is 1. The number of amides is 2. The number of hydrogen-bond donors (Lipinski definition) is 3. The van der Waals surface area contributed by atoms with Crippen LogP contribution in [0.25, 0.3) is 11.1 Å². The van der Waals surface area contributed by atoms with Crippen molar-refractivity contribution < 1.29 is 19.4 Å². The first kappa shape index (κ1) is 36.0. The van der Waals surface area contributed by atoms with Crippen molar-refractivity contribution in [2.75, 3.05) is 13.6 Å². The zero-order chi connectivity index (χ0) is 36.5. The minimum absolute atomic E-state index is 0.00725. The Morgan fingerprint density at radius 3 is 2.13 bits per heavy atom. The van der Waals surface area contributed by atoms with Crippen LogP contribution in [0.4, 0.5) is 4.79 Å².